The molecule has 0 saturated carbocycles. The molecule has 0 fully saturated rings. The molecular weight excluding hydrogens is 434 g/mol. The van der Waals surface area contributed by atoms with Crippen molar-refractivity contribution >= 4 is 11.4 Å². The van der Waals surface area contributed by atoms with Crippen molar-refractivity contribution in [1.82, 2.24) is 0 Å². The van der Waals surface area contributed by atoms with Crippen LogP contribution in [-0.4, -0.2) is 0 Å². The second-order valence-electron chi connectivity index (χ2n) is 12.9. The molecule has 184 valence electrons. The quantitative estimate of drug-likeness (QED) is 0.312. The summed E-state index contributed by atoms with van der Waals surface area (Å²) >= 11 is 0. The molecular formula is C35H39N. The molecule has 1 aliphatic carbocycles. The smallest absolute Gasteiger partial charge is 0.0390 e. The summed E-state index contributed by atoms with van der Waals surface area (Å²) in [6.07, 6.45) is 0. The first-order chi connectivity index (χ1) is 16.8. The van der Waals surface area contributed by atoms with E-state index < -0.39 is 0 Å². The number of benzene rings is 4. The third-order valence-corrected chi connectivity index (χ3v) is 7.74. The van der Waals surface area contributed by atoms with Crippen molar-refractivity contribution in [1.29, 1.82) is 0 Å². The molecule has 0 aromatic heterocycles. The molecule has 1 N–H and O–H groups in total. The number of rotatable bonds is 3. The summed E-state index contributed by atoms with van der Waals surface area (Å²) in [5.74, 6) is 0. The van der Waals surface area contributed by atoms with E-state index in [1.54, 1.807) is 0 Å². The van der Waals surface area contributed by atoms with Crippen LogP contribution in [0.3, 0.4) is 0 Å². The van der Waals surface area contributed by atoms with Gasteiger partial charge >= 0.3 is 0 Å². The highest BCUT2D eigenvalue weighted by atomic mass is 14.9. The van der Waals surface area contributed by atoms with Gasteiger partial charge in [0.05, 0.1) is 0 Å². The lowest BCUT2D eigenvalue weighted by atomic mass is 9.80. The van der Waals surface area contributed by atoms with Crippen molar-refractivity contribution in [2.45, 2.75) is 71.6 Å². The normalized spacial score (nSPS) is 14.3. The van der Waals surface area contributed by atoms with Gasteiger partial charge in [0.15, 0.2) is 0 Å². The zero-order valence-corrected chi connectivity index (χ0v) is 23.1. The third-order valence-electron chi connectivity index (χ3n) is 7.74. The highest BCUT2D eigenvalue weighted by molar-refractivity contribution is 5.85. The van der Waals surface area contributed by atoms with Crippen LogP contribution in [-0.2, 0) is 16.2 Å². The van der Waals surface area contributed by atoms with Gasteiger partial charge in [-0.05, 0) is 85.7 Å². The molecule has 0 radical (unpaired) electrons. The Balaban J connectivity index is 1.53. The molecule has 0 bridgehead atoms. The van der Waals surface area contributed by atoms with Crippen LogP contribution in [0.5, 0.6) is 0 Å². The van der Waals surface area contributed by atoms with Crippen molar-refractivity contribution in [3.63, 3.8) is 0 Å². The number of nitrogens with one attached hydrogen (secondary N) is 1. The molecule has 1 nitrogen and oxygen atoms in total. The van der Waals surface area contributed by atoms with Gasteiger partial charge in [-0.3, -0.25) is 0 Å². The van der Waals surface area contributed by atoms with Crippen molar-refractivity contribution < 1.29 is 0 Å². The maximum atomic E-state index is 3.76. The van der Waals surface area contributed by atoms with E-state index in [1.807, 2.05) is 0 Å². The van der Waals surface area contributed by atoms with Crippen molar-refractivity contribution in [2.75, 3.05) is 5.32 Å². The lowest BCUT2D eigenvalue weighted by Gasteiger charge is -2.27. The molecule has 0 amide bonds. The molecule has 0 spiro atoms. The van der Waals surface area contributed by atoms with Crippen LogP contribution in [0.15, 0.2) is 84.9 Å². The lowest BCUT2D eigenvalue weighted by molar-refractivity contribution is 0.569. The Bertz CT molecular complexity index is 1390. The fourth-order valence-electron chi connectivity index (χ4n) is 5.36. The molecule has 0 atom stereocenters. The van der Waals surface area contributed by atoms with E-state index in [0.717, 1.165) is 11.4 Å². The summed E-state index contributed by atoms with van der Waals surface area (Å²) < 4.78 is 0. The predicted molar refractivity (Wildman–Crippen MR) is 157 cm³/mol. The summed E-state index contributed by atoms with van der Waals surface area (Å²) in [4.78, 5) is 0. The fourth-order valence-corrected chi connectivity index (χ4v) is 5.36. The molecule has 1 heteroatoms. The van der Waals surface area contributed by atoms with E-state index in [4.69, 9.17) is 0 Å². The Morgan fingerprint density at radius 3 is 1.67 bits per heavy atom. The Morgan fingerprint density at radius 2 is 1.08 bits per heavy atom. The third kappa shape index (κ3) is 4.37. The minimum Gasteiger partial charge on any atom is -0.356 e. The summed E-state index contributed by atoms with van der Waals surface area (Å²) in [6.45, 7) is 18.4. The van der Waals surface area contributed by atoms with E-state index in [9.17, 15) is 0 Å². The summed E-state index contributed by atoms with van der Waals surface area (Å²) in [5.41, 5.74) is 13.2. The first kappa shape index (κ1) is 24.4. The summed E-state index contributed by atoms with van der Waals surface area (Å²) in [5, 5.41) is 3.76. The minimum absolute atomic E-state index is 0.0586. The van der Waals surface area contributed by atoms with Crippen molar-refractivity contribution in [2.24, 2.45) is 0 Å². The molecule has 0 unspecified atom stereocenters. The van der Waals surface area contributed by atoms with E-state index in [2.05, 4.69) is 146 Å². The molecule has 4 aromatic carbocycles. The first-order valence-corrected chi connectivity index (χ1v) is 13.1. The highest BCUT2D eigenvalue weighted by Gasteiger charge is 2.35. The number of hydrogen-bond donors (Lipinski definition) is 1. The zero-order valence-electron chi connectivity index (χ0n) is 23.1. The number of hydrogen-bond acceptors (Lipinski definition) is 1. The van der Waals surface area contributed by atoms with Gasteiger partial charge in [-0.1, -0.05) is 110 Å². The zero-order chi connectivity index (χ0) is 25.9. The van der Waals surface area contributed by atoms with Crippen LogP contribution < -0.4 is 5.32 Å². The first-order valence-electron chi connectivity index (χ1n) is 13.1. The molecule has 4 aromatic rings. The highest BCUT2D eigenvalue weighted by Crippen LogP contribution is 2.50. The molecule has 0 aliphatic heterocycles. The molecule has 0 saturated heterocycles. The monoisotopic (exact) mass is 473 g/mol. The van der Waals surface area contributed by atoms with Gasteiger partial charge in [-0.15, -0.1) is 0 Å². The maximum absolute atomic E-state index is 3.76. The van der Waals surface area contributed by atoms with E-state index >= 15 is 0 Å². The van der Waals surface area contributed by atoms with Gasteiger partial charge in [0.25, 0.3) is 0 Å². The van der Waals surface area contributed by atoms with Gasteiger partial charge in [0, 0.05) is 16.8 Å². The van der Waals surface area contributed by atoms with Crippen LogP contribution in [0.2, 0.25) is 0 Å². The average molecular weight is 474 g/mol. The minimum atomic E-state index is -0.0586. The predicted octanol–water partition coefficient (Wildman–Crippen LogP) is 10.00. The van der Waals surface area contributed by atoms with Crippen LogP contribution in [0.25, 0.3) is 22.3 Å². The number of anilines is 2. The Labute approximate surface area is 217 Å². The van der Waals surface area contributed by atoms with E-state index in [-0.39, 0.29) is 16.2 Å². The van der Waals surface area contributed by atoms with E-state index in [0.29, 0.717) is 0 Å². The Morgan fingerprint density at radius 1 is 0.528 bits per heavy atom. The van der Waals surface area contributed by atoms with E-state index in [1.165, 1.54) is 44.5 Å². The topological polar surface area (TPSA) is 12.0 Å². The second-order valence-corrected chi connectivity index (χ2v) is 12.9. The second kappa shape index (κ2) is 8.37. The Hall–Kier alpha value is -3.32. The standard InChI is InChI=1S/C35H39N/c1-33(2,3)25-19-26(34(4,5)6)21-28(20-25)36-27-15-17-30-29-16-14-24(23-12-10-9-11-13-23)18-31(29)35(7,8)32(30)22-27/h9-22,36H,1-8H3. The van der Waals surface area contributed by atoms with Crippen molar-refractivity contribution in [3.05, 3.63) is 107 Å². The van der Waals surface area contributed by atoms with Gasteiger partial charge in [0.1, 0.15) is 0 Å². The van der Waals surface area contributed by atoms with Crippen LogP contribution in [0.1, 0.15) is 77.6 Å². The largest absolute Gasteiger partial charge is 0.356 e. The van der Waals surface area contributed by atoms with Gasteiger partial charge < -0.3 is 5.32 Å². The van der Waals surface area contributed by atoms with Crippen molar-refractivity contribution in [3.8, 4) is 22.3 Å². The van der Waals surface area contributed by atoms with Crippen LogP contribution in [0.4, 0.5) is 11.4 Å². The SMILES string of the molecule is CC(C)(C)c1cc(Nc2ccc3c(c2)C(C)(C)c2cc(-c4ccccc4)ccc2-3)cc(C(C)(C)C)c1. The number of fused-ring (bicyclic) bond motifs is 3. The Kier molecular flexibility index (Phi) is 5.67. The maximum Gasteiger partial charge on any atom is 0.0390 e. The molecule has 5 rings (SSSR count). The van der Waals surface area contributed by atoms with Gasteiger partial charge in [-0.2, -0.15) is 0 Å². The van der Waals surface area contributed by atoms with Gasteiger partial charge in [-0.25, -0.2) is 0 Å². The van der Waals surface area contributed by atoms with Crippen LogP contribution in [0, 0.1) is 0 Å². The summed E-state index contributed by atoms with van der Waals surface area (Å²) in [6, 6.07) is 31.5. The molecule has 36 heavy (non-hydrogen) atoms. The molecule has 0 heterocycles. The fraction of sp³-hybridized carbons (Fsp3) is 0.314. The van der Waals surface area contributed by atoms with Crippen LogP contribution >= 0.6 is 0 Å². The average Bonchev–Trinajstić information content (AvgIpc) is 3.04. The summed E-state index contributed by atoms with van der Waals surface area (Å²) in [7, 11) is 0. The van der Waals surface area contributed by atoms with Gasteiger partial charge in [0.2, 0.25) is 0 Å². The molecule has 1 aliphatic rings. The lowest BCUT2D eigenvalue weighted by Crippen LogP contribution is -2.17.